The lowest BCUT2D eigenvalue weighted by molar-refractivity contribution is 0.660. The Morgan fingerprint density at radius 2 is 2.46 bits per heavy atom. The fourth-order valence-electron chi connectivity index (χ4n) is 1.28. The molecule has 0 saturated heterocycles. The molecule has 1 aromatic rings. The van der Waals surface area contributed by atoms with Crippen molar-refractivity contribution < 1.29 is 0 Å². The summed E-state index contributed by atoms with van der Waals surface area (Å²) in [6.45, 7) is 1.96. The van der Waals surface area contributed by atoms with Crippen molar-refractivity contribution in [3.8, 4) is 12.3 Å². The number of nitrogens with zero attached hydrogens (tertiary/aromatic N) is 1. The SMILES string of the molecule is C#CCCC(N)c1cccnc1C. The first-order chi connectivity index (χ1) is 6.25. The summed E-state index contributed by atoms with van der Waals surface area (Å²) in [4.78, 5) is 4.18. The average Bonchev–Trinajstić information content (AvgIpc) is 2.15. The second-order valence-corrected chi connectivity index (χ2v) is 3.03. The molecule has 1 rings (SSSR count). The molecule has 2 nitrogen and oxygen atoms in total. The number of rotatable bonds is 3. The van der Waals surface area contributed by atoms with E-state index in [1.54, 1.807) is 6.20 Å². The molecule has 1 aromatic heterocycles. The first kappa shape index (κ1) is 9.76. The van der Waals surface area contributed by atoms with Gasteiger partial charge in [-0.2, -0.15) is 0 Å². The van der Waals surface area contributed by atoms with Gasteiger partial charge in [-0.05, 0) is 25.0 Å². The van der Waals surface area contributed by atoms with Crippen LogP contribution in [-0.2, 0) is 0 Å². The molecule has 2 N–H and O–H groups in total. The van der Waals surface area contributed by atoms with E-state index in [-0.39, 0.29) is 6.04 Å². The highest BCUT2D eigenvalue weighted by Crippen LogP contribution is 2.17. The minimum absolute atomic E-state index is 0.0183. The molecule has 0 aliphatic rings. The second-order valence-electron chi connectivity index (χ2n) is 3.03. The molecule has 1 heterocycles. The zero-order valence-electron chi connectivity index (χ0n) is 7.83. The zero-order valence-corrected chi connectivity index (χ0v) is 7.83. The third-order valence-electron chi connectivity index (χ3n) is 2.05. The van der Waals surface area contributed by atoms with E-state index in [1.165, 1.54) is 0 Å². The third kappa shape index (κ3) is 2.57. The Hall–Kier alpha value is -1.33. The Bertz CT molecular complexity index is 312. The van der Waals surface area contributed by atoms with Crippen molar-refractivity contribution in [2.75, 3.05) is 0 Å². The summed E-state index contributed by atoms with van der Waals surface area (Å²) in [7, 11) is 0. The van der Waals surface area contributed by atoms with Crippen LogP contribution in [0.5, 0.6) is 0 Å². The van der Waals surface area contributed by atoms with Crippen LogP contribution < -0.4 is 5.73 Å². The Balaban J connectivity index is 2.72. The van der Waals surface area contributed by atoms with Crippen LogP contribution in [0.2, 0.25) is 0 Å². The number of hydrogen-bond donors (Lipinski definition) is 1. The van der Waals surface area contributed by atoms with E-state index in [2.05, 4.69) is 10.9 Å². The average molecular weight is 174 g/mol. The highest BCUT2D eigenvalue weighted by Gasteiger charge is 2.07. The molecule has 0 bridgehead atoms. The molecule has 13 heavy (non-hydrogen) atoms. The van der Waals surface area contributed by atoms with Crippen molar-refractivity contribution in [3.63, 3.8) is 0 Å². The minimum atomic E-state index is 0.0183. The summed E-state index contributed by atoms with van der Waals surface area (Å²) < 4.78 is 0. The summed E-state index contributed by atoms with van der Waals surface area (Å²) >= 11 is 0. The van der Waals surface area contributed by atoms with Crippen LogP contribution >= 0.6 is 0 Å². The number of nitrogens with two attached hydrogens (primary N) is 1. The number of pyridine rings is 1. The van der Waals surface area contributed by atoms with Crippen LogP contribution in [0, 0.1) is 19.3 Å². The number of aryl methyl sites for hydroxylation is 1. The van der Waals surface area contributed by atoms with Crippen LogP contribution in [-0.4, -0.2) is 4.98 Å². The van der Waals surface area contributed by atoms with E-state index >= 15 is 0 Å². The monoisotopic (exact) mass is 174 g/mol. The number of terminal acetylenes is 1. The molecule has 0 spiro atoms. The van der Waals surface area contributed by atoms with Gasteiger partial charge < -0.3 is 5.73 Å². The maximum atomic E-state index is 5.95. The van der Waals surface area contributed by atoms with Crippen LogP contribution in [0.3, 0.4) is 0 Å². The van der Waals surface area contributed by atoms with E-state index in [0.29, 0.717) is 0 Å². The fourth-order valence-corrected chi connectivity index (χ4v) is 1.28. The van der Waals surface area contributed by atoms with Crippen molar-refractivity contribution in [1.29, 1.82) is 0 Å². The molecule has 1 unspecified atom stereocenters. The van der Waals surface area contributed by atoms with Crippen molar-refractivity contribution in [2.24, 2.45) is 5.73 Å². The molecule has 68 valence electrons. The van der Waals surface area contributed by atoms with Gasteiger partial charge in [0, 0.05) is 24.4 Å². The summed E-state index contributed by atoms with van der Waals surface area (Å²) in [5.41, 5.74) is 8.03. The molecule has 0 saturated carbocycles. The molecular weight excluding hydrogens is 160 g/mol. The standard InChI is InChI=1S/C11H14N2/c1-3-4-7-11(12)10-6-5-8-13-9(10)2/h1,5-6,8,11H,4,7,12H2,2H3. The molecule has 2 heteroatoms. The Morgan fingerprint density at radius 3 is 3.08 bits per heavy atom. The summed E-state index contributed by atoms with van der Waals surface area (Å²) in [5.74, 6) is 2.59. The lowest BCUT2D eigenvalue weighted by Gasteiger charge is -2.11. The molecular formula is C11H14N2. The van der Waals surface area contributed by atoms with E-state index in [0.717, 1.165) is 24.1 Å². The first-order valence-corrected chi connectivity index (χ1v) is 4.36. The Morgan fingerprint density at radius 1 is 1.69 bits per heavy atom. The van der Waals surface area contributed by atoms with E-state index in [9.17, 15) is 0 Å². The molecule has 0 aliphatic heterocycles. The maximum Gasteiger partial charge on any atom is 0.0420 e. The fraction of sp³-hybridized carbons (Fsp3) is 0.364. The smallest absolute Gasteiger partial charge is 0.0420 e. The lowest BCUT2D eigenvalue weighted by Crippen LogP contribution is -2.11. The molecule has 0 radical (unpaired) electrons. The second kappa shape index (κ2) is 4.64. The van der Waals surface area contributed by atoms with Crippen molar-refractivity contribution in [3.05, 3.63) is 29.6 Å². The number of aromatic nitrogens is 1. The largest absolute Gasteiger partial charge is 0.324 e. The van der Waals surface area contributed by atoms with Crippen molar-refractivity contribution >= 4 is 0 Å². The first-order valence-electron chi connectivity index (χ1n) is 4.36. The predicted molar refractivity (Wildman–Crippen MR) is 54.0 cm³/mol. The molecule has 0 fully saturated rings. The predicted octanol–water partition coefficient (Wildman–Crippen LogP) is 1.80. The zero-order chi connectivity index (χ0) is 9.68. The van der Waals surface area contributed by atoms with E-state index in [4.69, 9.17) is 12.2 Å². The van der Waals surface area contributed by atoms with Gasteiger partial charge in [0.05, 0.1) is 0 Å². The Labute approximate surface area is 79.2 Å². The van der Waals surface area contributed by atoms with E-state index in [1.807, 2.05) is 19.1 Å². The van der Waals surface area contributed by atoms with Gasteiger partial charge in [0.2, 0.25) is 0 Å². The maximum absolute atomic E-state index is 5.95. The molecule has 0 aromatic carbocycles. The summed E-state index contributed by atoms with van der Waals surface area (Å²) in [6, 6.07) is 3.92. The highest BCUT2D eigenvalue weighted by molar-refractivity contribution is 5.22. The molecule has 1 atom stereocenters. The summed E-state index contributed by atoms with van der Waals surface area (Å²) in [5, 5.41) is 0. The van der Waals surface area contributed by atoms with Gasteiger partial charge in [-0.1, -0.05) is 6.07 Å². The van der Waals surface area contributed by atoms with Gasteiger partial charge in [0.25, 0.3) is 0 Å². The Kier molecular flexibility index (Phi) is 3.48. The van der Waals surface area contributed by atoms with Gasteiger partial charge in [-0.3, -0.25) is 4.98 Å². The minimum Gasteiger partial charge on any atom is -0.324 e. The van der Waals surface area contributed by atoms with Crippen LogP contribution in [0.25, 0.3) is 0 Å². The molecule has 0 aliphatic carbocycles. The topological polar surface area (TPSA) is 38.9 Å². The van der Waals surface area contributed by atoms with Gasteiger partial charge in [-0.15, -0.1) is 12.3 Å². The van der Waals surface area contributed by atoms with Crippen molar-refractivity contribution in [2.45, 2.75) is 25.8 Å². The van der Waals surface area contributed by atoms with Crippen LogP contribution in [0.4, 0.5) is 0 Å². The summed E-state index contributed by atoms with van der Waals surface area (Å²) in [6.07, 6.45) is 8.48. The van der Waals surface area contributed by atoms with Gasteiger partial charge in [0.1, 0.15) is 0 Å². The quantitative estimate of drug-likeness (QED) is 0.710. The number of hydrogen-bond acceptors (Lipinski definition) is 2. The van der Waals surface area contributed by atoms with Crippen LogP contribution in [0.1, 0.15) is 30.1 Å². The third-order valence-corrected chi connectivity index (χ3v) is 2.05. The van der Waals surface area contributed by atoms with Crippen LogP contribution in [0.15, 0.2) is 18.3 Å². The normalized spacial score (nSPS) is 12.1. The van der Waals surface area contributed by atoms with E-state index < -0.39 is 0 Å². The van der Waals surface area contributed by atoms with Gasteiger partial charge >= 0.3 is 0 Å². The lowest BCUT2D eigenvalue weighted by atomic mass is 10.0. The van der Waals surface area contributed by atoms with Gasteiger partial charge in [0.15, 0.2) is 0 Å². The van der Waals surface area contributed by atoms with Crippen molar-refractivity contribution in [1.82, 2.24) is 4.98 Å². The highest BCUT2D eigenvalue weighted by atomic mass is 14.7. The van der Waals surface area contributed by atoms with Gasteiger partial charge in [-0.25, -0.2) is 0 Å². The molecule has 0 amide bonds.